The molecule has 146 valence electrons. The molecule has 0 bridgehead atoms. The van der Waals surface area contributed by atoms with E-state index in [4.69, 9.17) is 9.47 Å². The molecule has 29 heavy (non-hydrogen) atoms. The van der Waals surface area contributed by atoms with Crippen LogP contribution in [0.3, 0.4) is 0 Å². The van der Waals surface area contributed by atoms with E-state index in [0.29, 0.717) is 28.2 Å². The second-order valence-electron chi connectivity index (χ2n) is 6.55. The average Bonchev–Trinajstić information content (AvgIpc) is 2.99. The number of fused-ring (bicyclic) bond motifs is 1. The van der Waals surface area contributed by atoms with Crippen molar-refractivity contribution < 1.29 is 27.4 Å². The van der Waals surface area contributed by atoms with E-state index < -0.39 is 17.5 Å². The van der Waals surface area contributed by atoms with Gasteiger partial charge >= 0.3 is 0 Å². The van der Waals surface area contributed by atoms with E-state index in [1.807, 2.05) is 0 Å². The minimum absolute atomic E-state index is 0.0611. The van der Waals surface area contributed by atoms with Crippen LogP contribution in [0.5, 0.6) is 11.5 Å². The van der Waals surface area contributed by atoms with Gasteiger partial charge in [0.2, 0.25) is 5.78 Å². The molecule has 0 amide bonds. The van der Waals surface area contributed by atoms with Crippen molar-refractivity contribution in [2.45, 2.75) is 13.5 Å². The number of carbonyl (C=O) groups excluding carboxylic acids is 1. The Bertz CT molecular complexity index is 1130. The van der Waals surface area contributed by atoms with E-state index in [9.17, 15) is 18.0 Å². The van der Waals surface area contributed by atoms with E-state index in [1.165, 1.54) is 36.4 Å². The zero-order chi connectivity index (χ0) is 20.5. The number of hydrogen-bond acceptors (Lipinski definition) is 3. The molecule has 6 heteroatoms. The molecule has 0 radical (unpaired) electrons. The summed E-state index contributed by atoms with van der Waals surface area (Å²) >= 11 is 0. The maximum absolute atomic E-state index is 13.8. The highest BCUT2D eigenvalue weighted by atomic mass is 19.1. The van der Waals surface area contributed by atoms with Crippen molar-refractivity contribution in [1.82, 2.24) is 0 Å². The van der Waals surface area contributed by atoms with Gasteiger partial charge in [-0.25, -0.2) is 13.2 Å². The van der Waals surface area contributed by atoms with Crippen molar-refractivity contribution in [1.29, 1.82) is 0 Å². The van der Waals surface area contributed by atoms with Gasteiger partial charge in [0.1, 0.15) is 35.6 Å². The Morgan fingerprint density at radius 3 is 2.45 bits per heavy atom. The highest BCUT2D eigenvalue weighted by molar-refractivity contribution is 6.14. The zero-order valence-electron chi connectivity index (χ0n) is 15.3. The molecule has 0 aromatic heterocycles. The zero-order valence-corrected chi connectivity index (χ0v) is 15.3. The van der Waals surface area contributed by atoms with Crippen molar-refractivity contribution in [3.05, 3.63) is 100 Å². The summed E-state index contributed by atoms with van der Waals surface area (Å²) in [6.07, 6.45) is 1.46. The second kappa shape index (κ2) is 7.47. The standard InChI is InChI=1S/C23H15F3O3/c1-13-20(28-12-17-18(25)6-3-7-19(17)26)9-8-16-22(27)21(29-23(13)16)11-14-4-2-5-15(24)10-14/h2-11H,12H2,1H3/b21-11-. The molecule has 3 aromatic carbocycles. The largest absolute Gasteiger partial charge is 0.488 e. The van der Waals surface area contributed by atoms with Crippen LogP contribution < -0.4 is 9.47 Å². The molecule has 1 aliphatic heterocycles. The Balaban J connectivity index is 1.60. The molecular formula is C23H15F3O3. The third-order valence-corrected chi connectivity index (χ3v) is 4.62. The summed E-state index contributed by atoms with van der Waals surface area (Å²) in [5.41, 5.74) is 1.17. The third-order valence-electron chi connectivity index (χ3n) is 4.62. The number of hydrogen-bond donors (Lipinski definition) is 0. The number of carbonyl (C=O) groups is 1. The first-order valence-corrected chi connectivity index (χ1v) is 8.83. The molecule has 1 heterocycles. The van der Waals surface area contributed by atoms with Crippen LogP contribution in [0.2, 0.25) is 0 Å². The Kier molecular flexibility index (Phi) is 4.84. The molecule has 3 nitrogen and oxygen atoms in total. The predicted octanol–water partition coefficient (Wildman–Crippen LogP) is 5.61. The fourth-order valence-electron chi connectivity index (χ4n) is 3.09. The highest BCUT2D eigenvalue weighted by Gasteiger charge is 2.30. The van der Waals surface area contributed by atoms with Crippen LogP contribution in [-0.2, 0) is 6.61 Å². The quantitative estimate of drug-likeness (QED) is 0.538. The van der Waals surface area contributed by atoms with Gasteiger partial charge in [0.15, 0.2) is 5.76 Å². The normalized spacial score (nSPS) is 14.1. The molecular weight excluding hydrogens is 381 g/mol. The Hall–Kier alpha value is -3.54. The Morgan fingerprint density at radius 2 is 1.72 bits per heavy atom. The Morgan fingerprint density at radius 1 is 1.00 bits per heavy atom. The number of benzene rings is 3. The van der Waals surface area contributed by atoms with Gasteiger partial charge in [0, 0.05) is 5.56 Å². The molecule has 0 N–H and O–H groups in total. The minimum Gasteiger partial charge on any atom is -0.488 e. The van der Waals surface area contributed by atoms with Crippen molar-refractivity contribution >= 4 is 11.9 Å². The molecule has 0 atom stereocenters. The van der Waals surface area contributed by atoms with Crippen molar-refractivity contribution in [2.75, 3.05) is 0 Å². The van der Waals surface area contributed by atoms with Crippen LogP contribution >= 0.6 is 0 Å². The van der Waals surface area contributed by atoms with Gasteiger partial charge in [0.25, 0.3) is 0 Å². The van der Waals surface area contributed by atoms with E-state index >= 15 is 0 Å². The summed E-state index contributed by atoms with van der Waals surface area (Å²) in [6.45, 7) is 1.38. The number of allylic oxidation sites excluding steroid dienone is 1. The molecule has 0 spiro atoms. The van der Waals surface area contributed by atoms with E-state index in [1.54, 1.807) is 19.1 Å². The van der Waals surface area contributed by atoms with E-state index in [0.717, 1.165) is 12.1 Å². The maximum Gasteiger partial charge on any atom is 0.231 e. The van der Waals surface area contributed by atoms with Gasteiger partial charge in [-0.1, -0.05) is 18.2 Å². The lowest BCUT2D eigenvalue weighted by molar-refractivity contribution is 0.101. The average molecular weight is 396 g/mol. The molecule has 0 saturated carbocycles. The van der Waals surface area contributed by atoms with Gasteiger partial charge in [-0.15, -0.1) is 0 Å². The molecule has 0 aliphatic carbocycles. The summed E-state index contributed by atoms with van der Waals surface area (Å²) in [6, 6.07) is 12.5. The predicted molar refractivity (Wildman–Crippen MR) is 101 cm³/mol. The molecule has 0 saturated heterocycles. The molecule has 1 aliphatic rings. The van der Waals surface area contributed by atoms with Crippen LogP contribution in [0.25, 0.3) is 6.08 Å². The minimum atomic E-state index is -0.699. The Labute approximate surface area is 165 Å². The first-order valence-electron chi connectivity index (χ1n) is 8.83. The number of ether oxygens (including phenoxy) is 2. The monoisotopic (exact) mass is 396 g/mol. The summed E-state index contributed by atoms with van der Waals surface area (Å²) in [4.78, 5) is 12.6. The van der Waals surface area contributed by atoms with Gasteiger partial charge in [-0.05, 0) is 55.0 Å². The fourth-order valence-corrected chi connectivity index (χ4v) is 3.09. The summed E-state index contributed by atoms with van der Waals surface area (Å²) < 4.78 is 52.2. The van der Waals surface area contributed by atoms with E-state index in [2.05, 4.69) is 0 Å². The first-order chi connectivity index (χ1) is 13.9. The van der Waals surface area contributed by atoms with Crippen LogP contribution in [0, 0.1) is 24.4 Å². The molecule has 0 fully saturated rings. The van der Waals surface area contributed by atoms with Gasteiger partial charge in [-0.2, -0.15) is 0 Å². The van der Waals surface area contributed by atoms with Crippen molar-refractivity contribution in [3.8, 4) is 11.5 Å². The third kappa shape index (κ3) is 3.61. The number of rotatable bonds is 4. The molecule has 0 unspecified atom stereocenters. The summed E-state index contributed by atoms with van der Waals surface area (Å²) in [5.74, 6) is -1.44. The van der Waals surface area contributed by atoms with Crippen molar-refractivity contribution in [3.63, 3.8) is 0 Å². The lowest BCUT2D eigenvalue weighted by Crippen LogP contribution is -2.03. The second-order valence-corrected chi connectivity index (χ2v) is 6.55. The first kappa shape index (κ1) is 18.8. The smallest absolute Gasteiger partial charge is 0.231 e. The highest BCUT2D eigenvalue weighted by Crippen LogP contribution is 2.39. The number of ketones is 1. The maximum atomic E-state index is 13.8. The van der Waals surface area contributed by atoms with Crippen LogP contribution in [0.1, 0.15) is 27.0 Å². The molecule has 3 aromatic rings. The topological polar surface area (TPSA) is 35.5 Å². The summed E-state index contributed by atoms with van der Waals surface area (Å²) in [7, 11) is 0. The lowest BCUT2D eigenvalue weighted by Gasteiger charge is -2.12. The SMILES string of the molecule is Cc1c(OCc2c(F)cccc2F)ccc2c1O/C(=C\c1cccc(F)c1)C2=O. The summed E-state index contributed by atoms with van der Waals surface area (Å²) in [5, 5.41) is 0. The van der Waals surface area contributed by atoms with Crippen molar-refractivity contribution in [2.24, 2.45) is 0 Å². The van der Waals surface area contributed by atoms with Crippen LogP contribution in [0.4, 0.5) is 13.2 Å². The number of halogens is 3. The van der Waals surface area contributed by atoms with Gasteiger partial charge in [0.05, 0.1) is 11.1 Å². The molecule has 4 rings (SSSR count). The lowest BCUT2D eigenvalue weighted by atomic mass is 10.1. The number of Topliss-reactive ketones (excluding diaryl/α,β-unsaturated/α-hetero) is 1. The van der Waals surface area contributed by atoms with Gasteiger partial charge < -0.3 is 9.47 Å². The van der Waals surface area contributed by atoms with E-state index in [-0.39, 0.29) is 23.7 Å². The van der Waals surface area contributed by atoms with Gasteiger partial charge in [-0.3, -0.25) is 4.79 Å². The van der Waals surface area contributed by atoms with Crippen LogP contribution in [0.15, 0.2) is 60.4 Å². The van der Waals surface area contributed by atoms with Crippen LogP contribution in [-0.4, -0.2) is 5.78 Å². The fraction of sp³-hybridized carbons (Fsp3) is 0.0870.